The number of carbonyl (C=O) groups is 3. The van der Waals surface area contributed by atoms with Crippen molar-refractivity contribution in [3.05, 3.63) is 95.1 Å². The molecule has 3 aromatic rings. The molecule has 206 valence electrons. The minimum absolute atomic E-state index is 0.00831. The highest BCUT2D eigenvalue weighted by Crippen LogP contribution is 2.18. The first-order valence-corrected chi connectivity index (χ1v) is 12.4. The van der Waals surface area contributed by atoms with Gasteiger partial charge in [0.2, 0.25) is 5.91 Å². The highest BCUT2D eigenvalue weighted by Gasteiger charge is 2.38. The summed E-state index contributed by atoms with van der Waals surface area (Å²) < 4.78 is 31.7. The number of rotatable bonds is 8. The molecule has 3 heterocycles. The Balaban J connectivity index is 0.000000532. The molecule has 4 rings (SSSR count). The van der Waals surface area contributed by atoms with Gasteiger partial charge in [0.1, 0.15) is 0 Å². The van der Waals surface area contributed by atoms with Crippen molar-refractivity contribution in [2.24, 2.45) is 0 Å². The van der Waals surface area contributed by atoms with Crippen molar-refractivity contribution in [1.29, 1.82) is 0 Å². The van der Waals surface area contributed by atoms with E-state index in [9.17, 15) is 22.8 Å². The average molecular weight is 543 g/mol. The predicted octanol–water partition coefficient (Wildman–Crippen LogP) is 3.99. The Kier molecular flexibility index (Phi) is 10.7. The summed E-state index contributed by atoms with van der Waals surface area (Å²) in [5, 5.41) is 10.5. The van der Waals surface area contributed by atoms with E-state index >= 15 is 0 Å². The molecule has 0 spiro atoms. The van der Waals surface area contributed by atoms with Gasteiger partial charge in [-0.15, -0.1) is 0 Å². The van der Waals surface area contributed by atoms with Gasteiger partial charge in [0.05, 0.1) is 24.5 Å². The molecule has 0 saturated carbocycles. The topological polar surface area (TPSA) is 112 Å². The van der Waals surface area contributed by atoms with Gasteiger partial charge < -0.3 is 15.3 Å². The van der Waals surface area contributed by atoms with Crippen LogP contribution in [0.1, 0.15) is 45.7 Å². The van der Waals surface area contributed by atoms with Crippen molar-refractivity contribution in [1.82, 2.24) is 20.2 Å². The zero-order valence-corrected chi connectivity index (χ0v) is 21.2. The van der Waals surface area contributed by atoms with Crippen LogP contribution in [0, 0.1) is 0 Å². The zero-order chi connectivity index (χ0) is 28.3. The average Bonchev–Trinajstić information content (AvgIpc) is 3.17. The van der Waals surface area contributed by atoms with Crippen LogP contribution in [0.15, 0.2) is 67.0 Å². The number of Topliss-reactive ketones (excluding diaryl/α,β-unsaturated/α-hetero) is 1. The number of aromatic nitrogens is 2. The van der Waals surface area contributed by atoms with Crippen LogP contribution < -0.4 is 5.32 Å². The van der Waals surface area contributed by atoms with Gasteiger partial charge in [-0.2, -0.15) is 13.2 Å². The minimum Gasteiger partial charge on any atom is -0.475 e. The van der Waals surface area contributed by atoms with Crippen LogP contribution in [0.2, 0.25) is 0 Å². The highest BCUT2D eigenvalue weighted by atomic mass is 19.4. The largest absolute Gasteiger partial charge is 0.490 e. The summed E-state index contributed by atoms with van der Waals surface area (Å²) in [7, 11) is 0. The number of nitrogens with zero attached hydrogens (tertiary/aromatic N) is 3. The molecule has 2 aromatic heterocycles. The molecule has 2 N–H and O–H groups in total. The number of alkyl halides is 3. The molecule has 0 atom stereocenters. The number of carboxylic acids is 1. The molecular weight excluding hydrogens is 513 g/mol. The van der Waals surface area contributed by atoms with E-state index in [1.165, 1.54) is 11.1 Å². The number of hydrogen-bond donors (Lipinski definition) is 2. The molecule has 0 aliphatic carbocycles. The second-order valence-corrected chi connectivity index (χ2v) is 8.85. The third-order valence-corrected chi connectivity index (χ3v) is 5.99. The summed E-state index contributed by atoms with van der Waals surface area (Å²) in [5.74, 6) is -2.82. The Morgan fingerprint density at radius 3 is 1.92 bits per heavy atom. The van der Waals surface area contributed by atoms with E-state index in [1.54, 1.807) is 17.3 Å². The Morgan fingerprint density at radius 1 is 0.846 bits per heavy atom. The molecule has 0 saturated heterocycles. The van der Waals surface area contributed by atoms with Crippen LogP contribution in [-0.2, 0) is 35.5 Å². The van der Waals surface area contributed by atoms with Gasteiger partial charge in [0.15, 0.2) is 5.78 Å². The minimum atomic E-state index is -5.08. The van der Waals surface area contributed by atoms with Gasteiger partial charge in [-0.05, 0) is 67.4 Å². The Labute approximate surface area is 223 Å². The lowest BCUT2D eigenvalue weighted by Gasteiger charge is -2.22. The van der Waals surface area contributed by atoms with Crippen molar-refractivity contribution in [3.63, 3.8) is 0 Å². The van der Waals surface area contributed by atoms with E-state index in [1.807, 2.05) is 48.5 Å². The van der Waals surface area contributed by atoms with Crippen molar-refractivity contribution < 1.29 is 32.7 Å². The molecular formula is C28H29F3N4O4. The van der Waals surface area contributed by atoms with Crippen LogP contribution >= 0.6 is 0 Å². The first kappa shape index (κ1) is 29.4. The molecule has 0 radical (unpaired) electrons. The number of pyridine rings is 2. The lowest BCUT2D eigenvalue weighted by atomic mass is 9.97. The second-order valence-electron chi connectivity index (χ2n) is 8.85. The quantitative estimate of drug-likeness (QED) is 0.414. The SMILES string of the molecule is O=C(CCC(=O)N(Cc1ccccn1)Cc1ccccn1)c1ccc2c(c1)CCNCC2.O=C(O)C(F)(F)F. The number of benzene rings is 1. The van der Waals surface area contributed by atoms with Crippen molar-refractivity contribution in [2.45, 2.75) is 44.9 Å². The molecule has 0 fully saturated rings. The second kappa shape index (κ2) is 14.1. The molecule has 1 aliphatic rings. The number of amides is 1. The molecule has 1 amide bonds. The fraction of sp³-hybridized carbons (Fsp3) is 0.321. The molecule has 0 unspecified atom stereocenters. The van der Waals surface area contributed by atoms with Crippen LogP contribution in [0.3, 0.4) is 0 Å². The normalized spacial score (nSPS) is 12.8. The molecule has 0 bridgehead atoms. The van der Waals surface area contributed by atoms with E-state index in [0.29, 0.717) is 18.7 Å². The summed E-state index contributed by atoms with van der Waals surface area (Å²) >= 11 is 0. The number of carboxylic acid groups (broad SMARTS) is 1. The third-order valence-electron chi connectivity index (χ3n) is 5.99. The van der Waals surface area contributed by atoms with Crippen LogP contribution in [0.25, 0.3) is 0 Å². The first-order valence-electron chi connectivity index (χ1n) is 12.4. The number of nitrogens with one attached hydrogen (secondary N) is 1. The van der Waals surface area contributed by atoms with E-state index < -0.39 is 12.1 Å². The number of halogens is 3. The summed E-state index contributed by atoms with van der Waals surface area (Å²) in [5.41, 5.74) is 4.85. The van der Waals surface area contributed by atoms with Gasteiger partial charge in [-0.25, -0.2) is 4.79 Å². The summed E-state index contributed by atoms with van der Waals surface area (Å²) in [6, 6.07) is 17.3. The Bertz CT molecular complexity index is 1210. The maximum absolute atomic E-state index is 13.1. The maximum Gasteiger partial charge on any atom is 0.490 e. The molecule has 39 heavy (non-hydrogen) atoms. The van der Waals surface area contributed by atoms with Crippen molar-refractivity contribution >= 4 is 17.7 Å². The zero-order valence-electron chi connectivity index (χ0n) is 21.2. The van der Waals surface area contributed by atoms with E-state index in [4.69, 9.17) is 9.90 Å². The summed E-state index contributed by atoms with van der Waals surface area (Å²) in [6.45, 7) is 2.67. The van der Waals surface area contributed by atoms with Crippen LogP contribution in [0.4, 0.5) is 13.2 Å². The van der Waals surface area contributed by atoms with Gasteiger partial charge in [-0.1, -0.05) is 24.3 Å². The standard InChI is InChI=1S/C26H28N4O2.C2HF3O2/c31-25(22-8-7-20-11-15-27-16-12-21(20)17-22)9-10-26(32)30(18-23-5-1-3-13-28-23)19-24-6-2-4-14-29-24;3-2(4,5)1(6)7/h1-8,13-14,17,27H,9-12,15-16,18-19H2;(H,6,7). The van der Waals surface area contributed by atoms with Crippen molar-refractivity contribution in [2.75, 3.05) is 13.1 Å². The fourth-order valence-corrected chi connectivity index (χ4v) is 3.98. The highest BCUT2D eigenvalue weighted by molar-refractivity contribution is 5.98. The lowest BCUT2D eigenvalue weighted by molar-refractivity contribution is -0.192. The summed E-state index contributed by atoms with van der Waals surface area (Å²) in [4.78, 5) is 45.2. The van der Waals surface area contributed by atoms with Crippen LogP contribution in [-0.4, -0.2) is 56.9 Å². The van der Waals surface area contributed by atoms with Gasteiger partial charge in [0, 0.05) is 30.8 Å². The number of aliphatic carboxylic acids is 1. The van der Waals surface area contributed by atoms with Crippen molar-refractivity contribution in [3.8, 4) is 0 Å². The summed E-state index contributed by atoms with van der Waals surface area (Å²) in [6.07, 6.45) is 0.621. The van der Waals surface area contributed by atoms with E-state index in [0.717, 1.165) is 37.3 Å². The Hall–Kier alpha value is -4.12. The van der Waals surface area contributed by atoms with E-state index in [-0.39, 0.29) is 24.5 Å². The number of hydrogen-bond acceptors (Lipinski definition) is 6. The molecule has 1 aromatic carbocycles. The number of fused-ring (bicyclic) bond motifs is 1. The fourth-order valence-electron chi connectivity index (χ4n) is 3.98. The Morgan fingerprint density at radius 2 is 1.41 bits per heavy atom. The molecule has 1 aliphatic heterocycles. The lowest BCUT2D eigenvalue weighted by Crippen LogP contribution is -2.31. The van der Waals surface area contributed by atoms with Crippen LogP contribution in [0.5, 0.6) is 0 Å². The third kappa shape index (κ3) is 9.60. The van der Waals surface area contributed by atoms with Gasteiger partial charge >= 0.3 is 12.1 Å². The molecule has 11 heteroatoms. The maximum atomic E-state index is 13.1. The monoisotopic (exact) mass is 542 g/mol. The number of carbonyl (C=O) groups excluding carboxylic acids is 2. The van der Waals surface area contributed by atoms with E-state index in [2.05, 4.69) is 21.4 Å². The first-order chi connectivity index (χ1) is 18.6. The molecule has 8 nitrogen and oxygen atoms in total. The number of ketones is 1. The van der Waals surface area contributed by atoms with Gasteiger partial charge in [0.25, 0.3) is 0 Å². The smallest absolute Gasteiger partial charge is 0.475 e. The predicted molar refractivity (Wildman–Crippen MR) is 137 cm³/mol. The van der Waals surface area contributed by atoms with Gasteiger partial charge in [-0.3, -0.25) is 19.6 Å².